The molecule has 0 fully saturated rings. The fraction of sp³-hybridized carbons (Fsp3) is 0.111. The van der Waals surface area contributed by atoms with Crippen molar-refractivity contribution < 1.29 is 9.13 Å². The molecule has 5 rings (SSSR count). The van der Waals surface area contributed by atoms with E-state index in [1.807, 2.05) is 48.6 Å². The molecule has 0 bridgehead atoms. The summed E-state index contributed by atoms with van der Waals surface area (Å²) in [6.07, 6.45) is 7.83. The highest BCUT2D eigenvalue weighted by molar-refractivity contribution is 6.03. The average Bonchev–Trinajstić information content (AvgIpc) is 2.88. The molecule has 0 radical (unpaired) electrons. The molecule has 0 saturated heterocycles. The third-order valence-corrected chi connectivity index (χ3v) is 5.49. The first-order valence-corrected chi connectivity index (χ1v) is 10.9. The van der Waals surface area contributed by atoms with Crippen LogP contribution in [-0.2, 0) is 13.0 Å². The van der Waals surface area contributed by atoms with Crippen LogP contribution in [0.3, 0.4) is 0 Å². The molecule has 1 aliphatic carbocycles. The first-order valence-electron chi connectivity index (χ1n) is 10.9. The van der Waals surface area contributed by atoms with E-state index in [2.05, 4.69) is 15.3 Å². The highest BCUT2D eigenvalue weighted by Crippen LogP contribution is 2.30. The molecule has 0 saturated carbocycles. The number of allylic oxidation sites excluding steroid dienone is 1. The van der Waals surface area contributed by atoms with Gasteiger partial charge in [-0.05, 0) is 54.1 Å². The number of hydrogen-bond donors (Lipinski definition) is 1. The molecule has 0 atom stereocenters. The van der Waals surface area contributed by atoms with Crippen LogP contribution in [0.1, 0.15) is 16.8 Å². The number of aliphatic imine (C=N–C) groups is 1. The van der Waals surface area contributed by atoms with Crippen LogP contribution in [0.25, 0.3) is 17.5 Å². The quantitative estimate of drug-likeness (QED) is 0.411. The Labute approximate surface area is 196 Å². The number of nitrogens with one attached hydrogen (secondary N) is 1. The van der Waals surface area contributed by atoms with Gasteiger partial charge in [-0.15, -0.1) is 0 Å². The van der Waals surface area contributed by atoms with Gasteiger partial charge in [0.25, 0.3) is 0 Å². The molecule has 2 aromatic carbocycles. The number of aromatic nitrogens is 3. The summed E-state index contributed by atoms with van der Waals surface area (Å²) in [5.74, 6) is 1.39. The Bertz CT molecular complexity index is 1390. The van der Waals surface area contributed by atoms with Gasteiger partial charge >= 0.3 is 0 Å². The van der Waals surface area contributed by atoms with E-state index < -0.39 is 0 Å². The van der Waals surface area contributed by atoms with Crippen LogP contribution in [0.15, 0.2) is 84.1 Å². The predicted molar refractivity (Wildman–Crippen MR) is 132 cm³/mol. The minimum Gasteiger partial charge on any atom is -0.497 e. The summed E-state index contributed by atoms with van der Waals surface area (Å²) in [5.41, 5.74) is 4.81. The van der Waals surface area contributed by atoms with Crippen molar-refractivity contribution in [2.45, 2.75) is 13.0 Å². The predicted octanol–water partition coefficient (Wildman–Crippen LogP) is 5.64. The fourth-order valence-electron chi connectivity index (χ4n) is 3.74. The summed E-state index contributed by atoms with van der Waals surface area (Å²) in [6, 6.07) is 18.1. The number of pyridine rings is 1. The molecule has 2 aromatic heterocycles. The normalized spacial score (nSPS) is 13.5. The van der Waals surface area contributed by atoms with Crippen molar-refractivity contribution in [2.75, 3.05) is 12.4 Å². The maximum atomic E-state index is 14.5. The number of halogens is 1. The topological polar surface area (TPSA) is 72.3 Å². The Morgan fingerprint density at radius 3 is 2.68 bits per heavy atom. The molecule has 0 unspecified atom stereocenters. The van der Waals surface area contributed by atoms with Gasteiger partial charge in [0.05, 0.1) is 24.9 Å². The number of methoxy groups -OCH3 is 1. The second-order valence-corrected chi connectivity index (χ2v) is 7.77. The molecule has 2 heterocycles. The zero-order valence-corrected chi connectivity index (χ0v) is 18.6. The summed E-state index contributed by atoms with van der Waals surface area (Å²) in [4.78, 5) is 18.2. The van der Waals surface area contributed by atoms with E-state index in [-0.39, 0.29) is 5.82 Å². The van der Waals surface area contributed by atoms with Crippen molar-refractivity contribution in [3.63, 3.8) is 0 Å². The minimum absolute atomic E-state index is 0.329. The Balaban J connectivity index is 1.50. The van der Waals surface area contributed by atoms with Gasteiger partial charge in [-0.2, -0.15) is 0 Å². The zero-order valence-electron chi connectivity index (χ0n) is 18.6. The van der Waals surface area contributed by atoms with E-state index >= 15 is 0 Å². The average molecular weight is 452 g/mol. The van der Waals surface area contributed by atoms with Crippen LogP contribution >= 0.6 is 0 Å². The van der Waals surface area contributed by atoms with Crippen molar-refractivity contribution in [3.05, 3.63) is 102 Å². The van der Waals surface area contributed by atoms with Gasteiger partial charge in [-0.3, -0.25) is 9.98 Å². The van der Waals surface area contributed by atoms with Crippen LogP contribution < -0.4 is 10.1 Å². The van der Waals surface area contributed by atoms with Crippen LogP contribution in [0.4, 0.5) is 15.9 Å². The molecule has 1 aliphatic rings. The van der Waals surface area contributed by atoms with Crippen LogP contribution in [0.2, 0.25) is 0 Å². The van der Waals surface area contributed by atoms with Crippen molar-refractivity contribution in [2.24, 2.45) is 4.99 Å². The molecular weight excluding hydrogens is 429 g/mol. The van der Waals surface area contributed by atoms with Gasteiger partial charge < -0.3 is 10.1 Å². The molecule has 0 amide bonds. The molecule has 6 nitrogen and oxygen atoms in total. The van der Waals surface area contributed by atoms with Gasteiger partial charge in [0.15, 0.2) is 5.82 Å². The number of anilines is 2. The zero-order chi connectivity index (χ0) is 23.3. The lowest BCUT2D eigenvalue weighted by Gasteiger charge is -2.18. The maximum absolute atomic E-state index is 14.5. The van der Waals surface area contributed by atoms with E-state index in [1.54, 1.807) is 37.7 Å². The Hall–Kier alpha value is -4.39. The molecule has 0 aliphatic heterocycles. The smallest absolute Gasteiger partial charge is 0.165 e. The van der Waals surface area contributed by atoms with E-state index in [0.717, 1.165) is 34.0 Å². The molecule has 1 N–H and O–H groups in total. The largest absolute Gasteiger partial charge is 0.497 e. The number of hydrogen-bond acceptors (Lipinski definition) is 6. The van der Waals surface area contributed by atoms with Gasteiger partial charge in [0, 0.05) is 35.8 Å². The standard InChI is InChI=1S/C27H22FN5O/c1-34-21-6-4-5-18(15-21)17-30-20-9-10-25-23(16-20)27(31-19-11-13-29-14-12-19)33-26(32-25)22-7-2-3-8-24(22)28/h2-15H,16-17H2,1H3,(H,29,31,32,33). The number of ether oxygens (including phenoxy) is 1. The summed E-state index contributed by atoms with van der Waals surface area (Å²) < 4.78 is 19.8. The lowest BCUT2D eigenvalue weighted by Crippen LogP contribution is -2.13. The van der Waals surface area contributed by atoms with E-state index in [9.17, 15) is 4.39 Å². The van der Waals surface area contributed by atoms with Crippen molar-refractivity contribution >= 4 is 23.3 Å². The highest BCUT2D eigenvalue weighted by Gasteiger charge is 2.20. The lowest BCUT2D eigenvalue weighted by atomic mass is 10.00. The van der Waals surface area contributed by atoms with Gasteiger partial charge in [-0.1, -0.05) is 24.3 Å². The third-order valence-electron chi connectivity index (χ3n) is 5.49. The number of nitrogens with zero attached hydrogens (tertiary/aromatic N) is 4. The number of benzene rings is 2. The summed E-state index contributed by atoms with van der Waals surface area (Å²) in [6.45, 7) is 0.535. The highest BCUT2D eigenvalue weighted by atomic mass is 19.1. The first kappa shape index (κ1) is 21.5. The van der Waals surface area contributed by atoms with E-state index in [4.69, 9.17) is 14.7 Å². The van der Waals surface area contributed by atoms with E-state index in [1.165, 1.54) is 6.07 Å². The van der Waals surface area contributed by atoms with Crippen LogP contribution in [0, 0.1) is 5.82 Å². The van der Waals surface area contributed by atoms with Crippen molar-refractivity contribution in [1.29, 1.82) is 0 Å². The molecule has 7 heteroatoms. The number of rotatable bonds is 6. The Kier molecular flexibility index (Phi) is 6.07. The summed E-state index contributed by atoms with van der Waals surface area (Å²) in [7, 11) is 1.65. The summed E-state index contributed by atoms with van der Waals surface area (Å²) in [5, 5.41) is 3.35. The molecule has 168 valence electrons. The second-order valence-electron chi connectivity index (χ2n) is 7.77. The molecule has 0 spiro atoms. The van der Waals surface area contributed by atoms with E-state index in [0.29, 0.717) is 30.2 Å². The van der Waals surface area contributed by atoms with Gasteiger partial charge in [0.1, 0.15) is 17.4 Å². The lowest BCUT2D eigenvalue weighted by molar-refractivity contribution is 0.414. The second kappa shape index (κ2) is 9.62. The molecule has 34 heavy (non-hydrogen) atoms. The number of fused-ring (bicyclic) bond motifs is 1. The minimum atomic E-state index is -0.363. The monoisotopic (exact) mass is 451 g/mol. The molecule has 4 aromatic rings. The first-order chi connectivity index (χ1) is 16.7. The van der Waals surface area contributed by atoms with Gasteiger partial charge in [0.2, 0.25) is 0 Å². The summed E-state index contributed by atoms with van der Waals surface area (Å²) >= 11 is 0. The molecular formula is C27H22FN5O. The third kappa shape index (κ3) is 4.68. The Morgan fingerprint density at radius 1 is 1.00 bits per heavy atom. The maximum Gasteiger partial charge on any atom is 0.165 e. The Morgan fingerprint density at radius 2 is 1.85 bits per heavy atom. The SMILES string of the molecule is COc1cccc(CN=C2C=Cc3nc(-c4ccccc4F)nc(Nc4ccncc4)c3C2)c1. The van der Waals surface area contributed by atoms with Crippen LogP contribution in [-0.4, -0.2) is 27.8 Å². The van der Waals surface area contributed by atoms with Crippen molar-refractivity contribution in [1.82, 2.24) is 15.0 Å². The van der Waals surface area contributed by atoms with Gasteiger partial charge in [-0.25, -0.2) is 14.4 Å². The fourth-order valence-corrected chi connectivity index (χ4v) is 3.74. The van der Waals surface area contributed by atoms with Crippen LogP contribution in [0.5, 0.6) is 5.75 Å². The van der Waals surface area contributed by atoms with Crippen molar-refractivity contribution in [3.8, 4) is 17.1 Å².